The fourth-order valence-electron chi connectivity index (χ4n) is 3.37. The molecule has 9 heteroatoms. The second kappa shape index (κ2) is 8.50. The van der Waals surface area contributed by atoms with Crippen molar-refractivity contribution in [2.75, 3.05) is 20.2 Å². The van der Waals surface area contributed by atoms with Gasteiger partial charge < -0.3 is 19.5 Å². The van der Waals surface area contributed by atoms with Crippen molar-refractivity contribution >= 4 is 16.6 Å². The minimum atomic E-state index is -0.827. The van der Waals surface area contributed by atoms with Gasteiger partial charge in [0.1, 0.15) is 11.9 Å². The summed E-state index contributed by atoms with van der Waals surface area (Å²) >= 11 is 0. The standard InChI is InChI=1S/C21H20FN3O5/c1-28-20-11-15-17(12-21(20)29-14-4-7-23-8-5-14)24-9-6-18(15)30-19-3-2-13(25(26)27)10-16(19)22/h2-3,6,9-12,14,23H,4-5,7-8H2,1H3. The van der Waals surface area contributed by atoms with Gasteiger partial charge in [-0.05, 0) is 44.1 Å². The van der Waals surface area contributed by atoms with Crippen LogP contribution in [0.4, 0.5) is 10.1 Å². The molecule has 3 aromatic rings. The van der Waals surface area contributed by atoms with E-state index in [9.17, 15) is 14.5 Å². The Bertz CT molecular complexity index is 1090. The van der Waals surface area contributed by atoms with E-state index in [0.717, 1.165) is 32.0 Å². The smallest absolute Gasteiger partial charge is 0.272 e. The molecule has 1 aromatic heterocycles. The number of non-ortho nitro benzene ring substituents is 1. The Hall–Kier alpha value is -3.46. The highest BCUT2D eigenvalue weighted by molar-refractivity contribution is 5.88. The van der Waals surface area contributed by atoms with E-state index in [1.807, 2.05) is 0 Å². The quantitative estimate of drug-likeness (QED) is 0.478. The summed E-state index contributed by atoms with van der Waals surface area (Å²) in [5.74, 6) is 0.500. The first-order chi connectivity index (χ1) is 14.5. The predicted octanol–water partition coefficient (Wildman–Crippen LogP) is 4.21. The van der Waals surface area contributed by atoms with E-state index in [0.29, 0.717) is 28.2 Å². The number of halogens is 1. The highest BCUT2D eigenvalue weighted by Gasteiger charge is 2.19. The first-order valence-electron chi connectivity index (χ1n) is 9.51. The maximum Gasteiger partial charge on any atom is 0.272 e. The molecule has 156 valence electrons. The molecule has 0 amide bonds. The third-order valence-electron chi connectivity index (χ3n) is 4.91. The van der Waals surface area contributed by atoms with Crippen LogP contribution in [0, 0.1) is 15.9 Å². The molecule has 1 fully saturated rings. The number of benzene rings is 2. The van der Waals surface area contributed by atoms with Gasteiger partial charge in [0, 0.05) is 23.7 Å². The second-order valence-corrected chi connectivity index (χ2v) is 6.87. The zero-order valence-corrected chi connectivity index (χ0v) is 16.3. The summed E-state index contributed by atoms with van der Waals surface area (Å²) in [6.45, 7) is 1.80. The number of nitro groups is 1. The van der Waals surface area contributed by atoms with Crippen LogP contribution in [0.25, 0.3) is 10.9 Å². The lowest BCUT2D eigenvalue weighted by atomic mass is 10.1. The van der Waals surface area contributed by atoms with Crippen LogP contribution < -0.4 is 19.5 Å². The van der Waals surface area contributed by atoms with E-state index < -0.39 is 10.7 Å². The van der Waals surface area contributed by atoms with Crippen molar-refractivity contribution in [3.63, 3.8) is 0 Å². The number of ether oxygens (including phenoxy) is 3. The number of aromatic nitrogens is 1. The number of nitro benzene ring substituents is 1. The number of nitrogens with zero attached hydrogens (tertiary/aromatic N) is 2. The predicted molar refractivity (Wildman–Crippen MR) is 108 cm³/mol. The maximum absolute atomic E-state index is 14.3. The molecule has 0 unspecified atom stereocenters. The molecular formula is C21H20FN3O5. The number of methoxy groups -OCH3 is 1. The van der Waals surface area contributed by atoms with Crippen molar-refractivity contribution in [1.82, 2.24) is 10.3 Å². The molecule has 1 N–H and O–H groups in total. The Balaban J connectivity index is 1.67. The monoisotopic (exact) mass is 413 g/mol. The van der Waals surface area contributed by atoms with Crippen LogP contribution in [-0.2, 0) is 0 Å². The fraction of sp³-hybridized carbons (Fsp3) is 0.286. The van der Waals surface area contributed by atoms with Crippen LogP contribution in [0.2, 0.25) is 0 Å². The van der Waals surface area contributed by atoms with Gasteiger partial charge in [-0.2, -0.15) is 0 Å². The van der Waals surface area contributed by atoms with Gasteiger partial charge in [-0.25, -0.2) is 4.39 Å². The summed E-state index contributed by atoms with van der Waals surface area (Å²) in [5.41, 5.74) is 0.250. The van der Waals surface area contributed by atoms with Crippen LogP contribution in [-0.4, -0.2) is 36.2 Å². The Morgan fingerprint density at radius 2 is 1.90 bits per heavy atom. The lowest BCUT2D eigenvalue weighted by Gasteiger charge is -2.25. The second-order valence-electron chi connectivity index (χ2n) is 6.87. The Morgan fingerprint density at radius 1 is 1.10 bits per heavy atom. The summed E-state index contributed by atoms with van der Waals surface area (Å²) in [7, 11) is 1.54. The summed E-state index contributed by atoms with van der Waals surface area (Å²) in [6, 6.07) is 8.34. The Labute approximate surface area is 171 Å². The lowest BCUT2D eigenvalue weighted by molar-refractivity contribution is -0.385. The minimum absolute atomic E-state index is 0.0891. The van der Waals surface area contributed by atoms with E-state index in [1.54, 1.807) is 31.5 Å². The van der Waals surface area contributed by atoms with Crippen LogP contribution in [0.3, 0.4) is 0 Å². The molecule has 0 spiro atoms. The van der Waals surface area contributed by atoms with Gasteiger partial charge in [0.15, 0.2) is 23.1 Å². The normalized spacial score (nSPS) is 14.5. The molecule has 0 aliphatic carbocycles. The molecule has 1 aliphatic heterocycles. The first kappa shape index (κ1) is 19.8. The van der Waals surface area contributed by atoms with Crippen LogP contribution in [0.15, 0.2) is 42.6 Å². The van der Waals surface area contributed by atoms with Gasteiger partial charge in [0.25, 0.3) is 5.69 Å². The van der Waals surface area contributed by atoms with Crippen molar-refractivity contribution in [2.45, 2.75) is 18.9 Å². The van der Waals surface area contributed by atoms with Crippen molar-refractivity contribution in [1.29, 1.82) is 0 Å². The van der Waals surface area contributed by atoms with Crippen LogP contribution in [0.1, 0.15) is 12.8 Å². The average Bonchev–Trinajstić information content (AvgIpc) is 2.75. The molecule has 4 rings (SSSR count). The molecule has 2 aromatic carbocycles. The molecular weight excluding hydrogens is 393 g/mol. The van der Waals surface area contributed by atoms with E-state index >= 15 is 0 Å². The number of rotatable bonds is 6. The molecule has 0 atom stereocenters. The molecule has 8 nitrogen and oxygen atoms in total. The SMILES string of the molecule is COc1cc2c(Oc3ccc([N+](=O)[O-])cc3F)ccnc2cc1OC1CCNCC1. The van der Waals surface area contributed by atoms with Gasteiger partial charge >= 0.3 is 0 Å². The van der Waals surface area contributed by atoms with Crippen molar-refractivity contribution in [2.24, 2.45) is 0 Å². The Morgan fingerprint density at radius 3 is 2.60 bits per heavy atom. The largest absolute Gasteiger partial charge is 0.493 e. The lowest BCUT2D eigenvalue weighted by Crippen LogP contribution is -2.34. The number of hydrogen-bond donors (Lipinski definition) is 1. The van der Waals surface area contributed by atoms with Gasteiger partial charge in [-0.3, -0.25) is 15.1 Å². The number of hydrogen-bond acceptors (Lipinski definition) is 7. The molecule has 1 saturated heterocycles. The van der Waals surface area contributed by atoms with Crippen LogP contribution in [0.5, 0.6) is 23.0 Å². The maximum atomic E-state index is 14.3. The highest BCUT2D eigenvalue weighted by Crippen LogP contribution is 2.38. The van der Waals surface area contributed by atoms with E-state index in [4.69, 9.17) is 14.2 Å². The van der Waals surface area contributed by atoms with Crippen LogP contribution >= 0.6 is 0 Å². The average molecular weight is 413 g/mol. The summed E-state index contributed by atoms with van der Waals surface area (Å²) in [4.78, 5) is 14.5. The first-order valence-corrected chi connectivity index (χ1v) is 9.51. The van der Waals surface area contributed by atoms with Gasteiger partial charge in [-0.1, -0.05) is 0 Å². The number of piperidine rings is 1. The molecule has 0 radical (unpaired) electrons. The Kier molecular flexibility index (Phi) is 5.62. The minimum Gasteiger partial charge on any atom is -0.493 e. The van der Waals surface area contributed by atoms with E-state index in [-0.39, 0.29) is 17.5 Å². The third kappa shape index (κ3) is 4.11. The molecule has 30 heavy (non-hydrogen) atoms. The van der Waals surface area contributed by atoms with Crippen molar-refractivity contribution in [3.8, 4) is 23.0 Å². The highest BCUT2D eigenvalue weighted by atomic mass is 19.1. The molecule has 0 saturated carbocycles. The summed E-state index contributed by atoms with van der Waals surface area (Å²) in [5, 5.41) is 14.7. The van der Waals surface area contributed by atoms with Crippen molar-refractivity contribution in [3.05, 3.63) is 58.5 Å². The van der Waals surface area contributed by atoms with Gasteiger partial charge in [-0.15, -0.1) is 0 Å². The number of pyridine rings is 1. The number of fused-ring (bicyclic) bond motifs is 1. The summed E-state index contributed by atoms with van der Waals surface area (Å²) in [6.07, 6.45) is 3.43. The topological polar surface area (TPSA) is 95.8 Å². The number of nitrogens with one attached hydrogen (secondary N) is 1. The van der Waals surface area contributed by atoms with E-state index in [2.05, 4.69) is 10.3 Å². The molecule has 2 heterocycles. The van der Waals surface area contributed by atoms with E-state index in [1.165, 1.54) is 12.1 Å². The van der Waals surface area contributed by atoms with Gasteiger partial charge in [0.05, 0.1) is 23.6 Å². The van der Waals surface area contributed by atoms with Crippen molar-refractivity contribution < 1.29 is 23.5 Å². The zero-order chi connectivity index (χ0) is 21.1. The summed E-state index contributed by atoms with van der Waals surface area (Å²) < 4.78 is 31.6. The fourth-order valence-corrected chi connectivity index (χ4v) is 3.37. The molecule has 1 aliphatic rings. The van der Waals surface area contributed by atoms with Gasteiger partial charge in [0.2, 0.25) is 0 Å². The zero-order valence-electron chi connectivity index (χ0n) is 16.3. The molecule has 0 bridgehead atoms. The third-order valence-corrected chi connectivity index (χ3v) is 4.91.